The Balaban J connectivity index is 1.87. The van der Waals surface area contributed by atoms with Crippen LogP contribution in [0.25, 0.3) is 33.1 Å². The quantitative estimate of drug-likeness (QED) is 0.378. The summed E-state index contributed by atoms with van der Waals surface area (Å²) in [6, 6.07) is 20.5. The van der Waals surface area contributed by atoms with Crippen LogP contribution >= 0.6 is 11.6 Å². The molecule has 2 heterocycles. The van der Waals surface area contributed by atoms with Gasteiger partial charge in [0, 0.05) is 17.0 Å². The van der Waals surface area contributed by atoms with E-state index in [1.165, 1.54) is 22.2 Å². The molecule has 0 fully saturated rings. The molecule has 0 N–H and O–H groups in total. The Morgan fingerprint density at radius 1 is 0.889 bits per heavy atom. The summed E-state index contributed by atoms with van der Waals surface area (Å²) >= 11 is 6.06. The van der Waals surface area contributed by atoms with E-state index in [1.807, 2.05) is 36.4 Å². The zero-order valence-electron chi connectivity index (χ0n) is 15.2. The third kappa shape index (κ3) is 2.66. The Hall–Kier alpha value is -2.91. The summed E-state index contributed by atoms with van der Waals surface area (Å²) in [4.78, 5) is 9.93. The van der Waals surface area contributed by atoms with Crippen molar-refractivity contribution in [2.24, 2.45) is 0 Å². The zero-order valence-corrected chi connectivity index (χ0v) is 16.0. The molecule has 4 heteroatoms. The van der Waals surface area contributed by atoms with Crippen LogP contribution < -0.4 is 0 Å². The van der Waals surface area contributed by atoms with E-state index in [1.54, 1.807) is 0 Å². The van der Waals surface area contributed by atoms with Crippen molar-refractivity contribution < 1.29 is 0 Å². The third-order valence-corrected chi connectivity index (χ3v) is 5.28. The number of halogens is 1. The largest absolute Gasteiger partial charge is 0.319 e. The van der Waals surface area contributed by atoms with E-state index in [9.17, 15) is 0 Å². The van der Waals surface area contributed by atoms with Crippen LogP contribution in [0.3, 0.4) is 0 Å². The van der Waals surface area contributed by atoms with Crippen LogP contribution in [0, 0.1) is 13.8 Å². The molecule has 0 unspecified atom stereocenters. The molecule has 0 spiro atoms. The fraction of sp³-hybridized carbons (Fsp3) is 0.130. The highest BCUT2D eigenvalue weighted by molar-refractivity contribution is 6.30. The lowest BCUT2D eigenvalue weighted by Crippen LogP contribution is -2.02. The molecule has 5 aromatic rings. The number of hydrogen-bond donors (Lipinski definition) is 0. The maximum absolute atomic E-state index is 6.06. The van der Waals surface area contributed by atoms with Crippen molar-refractivity contribution in [3.05, 3.63) is 82.4 Å². The van der Waals surface area contributed by atoms with Gasteiger partial charge in [-0.15, -0.1) is 0 Å². The number of nitrogens with zero attached hydrogens (tertiary/aromatic N) is 3. The first kappa shape index (κ1) is 16.3. The molecule has 0 aliphatic heterocycles. The van der Waals surface area contributed by atoms with Crippen molar-refractivity contribution in [3.63, 3.8) is 0 Å². The molecule has 0 aliphatic carbocycles. The molecular formula is C23H18ClN3. The highest BCUT2D eigenvalue weighted by atomic mass is 35.5. The lowest BCUT2D eigenvalue weighted by molar-refractivity contribution is 0.854. The molecule has 0 bridgehead atoms. The second-order valence-electron chi connectivity index (χ2n) is 7.08. The second kappa shape index (κ2) is 6.07. The van der Waals surface area contributed by atoms with E-state index in [0.29, 0.717) is 0 Å². The van der Waals surface area contributed by atoms with Gasteiger partial charge in [0.05, 0.1) is 16.6 Å². The van der Waals surface area contributed by atoms with E-state index in [0.717, 1.165) is 39.2 Å². The van der Waals surface area contributed by atoms with Crippen LogP contribution in [0.2, 0.25) is 5.02 Å². The molecule has 27 heavy (non-hydrogen) atoms. The van der Waals surface area contributed by atoms with E-state index in [2.05, 4.69) is 42.7 Å². The second-order valence-corrected chi connectivity index (χ2v) is 7.51. The topological polar surface area (TPSA) is 30.7 Å². The van der Waals surface area contributed by atoms with Gasteiger partial charge < -0.3 is 4.57 Å². The van der Waals surface area contributed by atoms with Crippen LogP contribution in [-0.4, -0.2) is 14.5 Å². The highest BCUT2D eigenvalue weighted by Gasteiger charge is 2.17. The van der Waals surface area contributed by atoms with Gasteiger partial charge in [0.1, 0.15) is 5.52 Å². The van der Waals surface area contributed by atoms with Crippen molar-refractivity contribution >= 4 is 44.7 Å². The minimum Gasteiger partial charge on any atom is -0.319 e. The maximum atomic E-state index is 6.06. The Kier molecular flexibility index (Phi) is 3.66. The molecule has 2 aromatic heterocycles. The number of rotatable bonds is 2. The van der Waals surface area contributed by atoms with Gasteiger partial charge in [0.25, 0.3) is 0 Å². The fourth-order valence-electron chi connectivity index (χ4n) is 3.89. The summed E-state index contributed by atoms with van der Waals surface area (Å²) in [5.41, 5.74) is 8.59. The fourth-order valence-corrected chi connectivity index (χ4v) is 4.02. The molecule has 132 valence electrons. The van der Waals surface area contributed by atoms with Gasteiger partial charge in [-0.25, -0.2) is 9.97 Å². The normalized spacial score (nSPS) is 11.7. The van der Waals surface area contributed by atoms with E-state index >= 15 is 0 Å². The van der Waals surface area contributed by atoms with Crippen molar-refractivity contribution in [1.82, 2.24) is 14.5 Å². The van der Waals surface area contributed by atoms with E-state index in [4.69, 9.17) is 21.6 Å². The Morgan fingerprint density at radius 2 is 1.59 bits per heavy atom. The highest BCUT2D eigenvalue weighted by Crippen LogP contribution is 2.32. The number of aryl methyl sites for hydroxylation is 2. The molecule has 0 saturated carbocycles. The van der Waals surface area contributed by atoms with Gasteiger partial charge in [-0.1, -0.05) is 47.5 Å². The average molecular weight is 372 g/mol. The minimum atomic E-state index is 0.730. The molecule has 0 amide bonds. The molecular weight excluding hydrogens is 354 g/mol. The van der Waals surface area contributed by atoms with Crippen molar-refractivity contribution in [3.8, 4) is 0 Å². The SMILES string of the molecule is Cc1cc(C)c2c(c1)c1nc3ccccc3nc1n2Cc1ccc(Cl)cc1. The zero-order chi connectivity index (χ0) is 18.5. The summed E-state index contributed by atoms with van der Waals surface area (Å²) in [5.74, 6) is 0. The monoisotopic (exact) mass is 371 g/mol. The summed E-state index contributed by atoms with van der Waals surface area (Å²) in [7, 11) is 0. The molecule has 5 rings (SSSR count). The number of aromatic nitrogens is 3. The Labute approximate surface area is 162 Å². The molecule has 0 atom stereocenters. The first-order valence-electron chi connectivity index (χ1n) is 9.00. The predicted octanol–water partition coefficient (Wildman–Crippen LogP) is 6.06. The predicted molar refractivity (Wildman–Crippen MR) is 113 cm³/mol. The number of para-hydroxylation sites is 2. The molecule has 0 radical (unpaired) electrons. The van der Waals surface area contributed by atoms with Gasteiger partial charge in [-0.05, 0) is 55.3 Å². The maximum Gasteiger partial charge on any atom is 0.160 e. The van der Waals surface area contributed by atoms with Crippen molar-refractivity contribution in [2.75, 3.05) is 0 Å². The number of benzene rings is 3. The molecule has 0 saturated heterocycles. The first-order valence-corrected chi connectivity index (χ1v) is 9.38. The van der Waals surface area contributed by atoms with Gasteiger partial charge in [-0.3, -0.25) is 0 Å². The number of hydrogen-bond acceptors (Lipinski definition) is 2. The lowest BCUT2D eigenvalue weighted by Gasteiger charge is -2.09. The van der Waals surface area contributed by atoms with Crippen LogP contribution in [0.1, 0.15) is 16.7 Å². The number of fused-ring (bicyclic) bond motifs is 4. The minimum absolute atomic E-state index is 0.730. The lowest BCUT2D eigenvalue weighted by atomic mass is 10.1. The van der Waals surface area contributed by atoms with E-state index < -0.39 is 0 Å². The van der Waals surface area contributed by atoms with Gasteiger partial charge >= 0.3 is 0 Å². The van der Waals surface area contributed by atoms with Crippen LogP contribution in [0.4, 0.5) is 0 Å². The Morgan fingerprint density at radius 3 is 2.33 bits per heavy atom. The summed E-state index contributed by atoms with van der Waals surface area (Å²) < 4.78 is 2.28. The van der Waals surface area contributed by atoms with Crippen molar-refractivity contribution in [1.29, 1.82) is 0 Å². The summed E-state index contributed by atoms with van der Waals surface area (Å²) in [6.07, 6.45) is 0. The first-order chi connectivity index (χ1) is 13.1. The molecule has 0 aliphatic rings. The molecule has 3 aromatic carbocycles. The standard InChI is InChI=1S/C23H18ClN3/c1-14-11-15(2)22-18(12-14)21-23(26-20-6-4-3-5-19(20)25-21)27(22)13-16-7-9-17(24)10-8-16/h3-12H,13H2,1-2H3. The van der Waals surface area contributed by atoms with Gasteiger partial charge in [-0.2, -0.15) is 0 Å². The average Bonchev–Trinajstić information content (AvgIpc) is 2.95. The van der Waals surface area contributed by atoms with Crippen molar-refractivity contribution in [2.45, 2.75) is 20.4 Å². The smallest absolute Gasteiger partial charge is 0.160 e. The summed E-state index contributed by atoms with van der Waals surface area (Å²) in [5, 5.41) is 1.91. The van der Waals surface area contributed by atoms with Gasteiger partial charge in [0.2, 0.25) is 0 Å². The Bertz CT molecular complexity index is 1320. The van der Waals surface area contributed by atoms with Crippen LogP contribution in [-0.2, 0) is 6.54 Å². The van der Waals surface area contributed by atoms with Crippen LogP contribution in [0.15, 0.2) is 60.7 Å². The molecule has 3 nitrogen and oxygen atoms in total. The van der Waals surface area contributed by atoms with Gasteiger partial charge in [0.15, 0.2) is 5.65 Å². The van der Waals surface area contributed by atoms with E-state index in [-0.39, 0.29) is 0 Å². The van der Waals surface area contributed by atoms with Crippen LogP contribution in [0.5, 0.6) is 0 Å². The summed E-state index contributed by atoms with van der Waals surface area (Å²) in [6.45, 7) is 5.02. The third-order valence-electron chi connectivity index (χ3n) is 5.03.